The molecule has 23 heavy (non-hydrogen) atoms. The van der Waals surface area contributed by atoms with Crippen LogP contribution in [0, 0.1) is 0 Å². The number of nitrogens with zero attached hydrogens (tertiary/aromatic N) is 1. The summed E-state index contributed by atoms with van der Waals surface area (Å²) < 4.78 is 21.1. The molecule has 0 saturated carbocycles. The van der Waals surface area contributed by atoms with E-state index in [0.717, 1.165) is 6.92 Å². The van der Waals surface area contributed by atoms with Gasteiger partial charge in [-0.2, -0.15) is 0 Å². The fourth-order valence-corrected chi connectivity index (χ4v) is 1.66. The van der Waals surface area contributed by atoms with E-state index in [1.165, 1.54) is 31.4 Å². The standard InChI is InChI=1S/C17H17NO5/c1-13(19)23-18(17(20)15-6-4-3-5-7-15)22-12-14-8-10-16(21-2)11-9-14/h3-11H,12H2,1-2H3/i12D2. The molecule has 0 bridgehead atoms. The Morgan fingerprint density at radius 2 is 1.74 bits per heavy atom. The largest absolute Gasteiger partial charge is 0.497 e. The molecule has 0 spiro atoms. The van der Waals surface area contributed by atoms with E-state index in [4.69, 9.17) is 17.2 Å². The molecule has 6 nitrogen and oxygen atoms in total. The molecule has 0 atom stereocenters. The second kappa shape index (κ2) is 7.95. The van der Waals surface area contributed by atoms with Crippen molar-refractivity contribution in [2.75, 3.05) is 7.11 Å². The van der Waals surface area contributed by atoms with Gasteiger partial charge in [0.05, 0.1) is 9.85 Å². The third kappa shape index (κ3) is 4.82. The van der Waals surface area contributed by atoms with Gasteiger partial charge >= 0.3 is 11.9 Å². The second-order valence-electron chi connectivity index (χ2n) is 4.43. The number of hydroxylamine groups is 2. The van der Waals surface area contributed by atoms with E-state index in [-0.39, 0.29) is 16.4 Å². The average molecular weight is 317 g/mol. The van der Waals surface area contributed by atoms with Gasteiger partial charge in [-0.3, -0.25) is 4.79 Å². The third-order valence-electron chi connectivity index (χ3n) is 2.73. The zero-order chi connectivity index (χ0) is 18.4. The van der Waals surface area contributed by atoms with Gasteiger partial charge in [-0.1, -0.05) is 30.3 Å². The van der Waals surface area contributed by atoms with Crippen molar-refractivity contribution in [3.8, 4) is 5.75 Å². The van der Waals surface area contributed by atoms with Crippen LogP contribution in [0.5, 0.6) is 5.75 Å². The fourth-order valence-electron chi connectivity index (χ4n) is 1.66. The van der Waals surface area contributed by atoms with Crippen LogP contribution >= 0.6 is 0 Å². The summed E-state index contributed by atoms with van der Waals surface area (Å²) in [6.45, 7) is -1.34. The number of ether oxygens (including phenoxy) is 1. The summed E-state index contributed by atoms with van der Waals surface area (Å²) in [6.07, 6.45) is 0. The smallest absolute Gasteiger partial charge is 0.332 e. The van der Waals surface area contributed by atoms with Crippen LogP contribution in [0.15, 0.2) is 54.6 Å². The molecule has 0 N–H and O–H groups in total. The van der Waals surface area contributed by atoms with Crippen molar-refractivity contribution < 1.29 is 26.7 Å². The minimum Gasteiger partial charge on any atom is -0.497 e. The summed E-state index contributed by atoms with van der Waals surface area (Å²) in [6, 6.07) is 13.9. The van der Waals surface area contributed by atoms with E-state index in [9.17, 15) is 9.59 Å². The van der Waals surface area contributed by atoms with Gasteiger partial charge in [0.25, 0.3) is 0 Å². The molecule has 0 aromatic heterocycles. The highest BCUT2D eigenvalue weighted by molar-refractivity contribution is 5.93. The molecular formula is C17H17NO5. The Morgan fingerprint density at radius 1 is 1.09 bits per heavy atom. The highest BCUT2D eigenvalue weighted by Gasteiger charge is 2.20. The maximum Gasteiger partial charge on any atom is 0.332 e. The molecular weight excluding hydrogens is 298 g/mol. The normalized spacial score (nSPS) is 11.9. The summed E-state index contributed by atoms with van der Waals surface area (Å²) in [5.74, 6) is -1.10. The second-order valence-corrected chi connectivity index (χ2v) is 4.43. The number of hydrogen-bond donors (Lipinski definition) is 0. The highest BCUT2D eigenvalue weighted by atomic mass is 17.0. The molecule has 2 aromatic carbocycles. The molecule has 0 aliphatic heterocycles. The van der Waals surface area contributed by atoms with Crippen LogP contribution in [-0.4, -0.2) is 24.2 Å². The molecule has 6 heteroatoms. The topological polar surface area (TPSA) is 65.1 Å². The van der Waals surface area contributed by atoms with Crippen LogP contribution in [-0.2, 0) is 21.0 Å². The van der Waals surface area contributed by atoms with Gasteiger partial charge < -0.3 is 9.57 Å². The Hall–Kier alpha value is -2.86. The summed E-state index contributed by atoms with van der Waals surface area (Å²) in [7, 11) is 1.49. The minimum atomic E-state index is -2.42. The lowest BCUT2D eigenvalue weighted by Crippen LogP contribution is -2.33. The third-order valence-corrected chi connectivity index (χ3v) is 2.73. The van der Waals surface area contributed by atoms with Crippen molar-refractivity contribution in [3.05, 3.63) is 65.7 Å². The maximum absolute atomic E-state index is 12.4. The molecule has 0 unspecified atom stereocenters. The van der Waals surface area contributed by atoms with Gasteiger partial charge in [0.1, 0.15) is 12.3 Å². The van der Waals surface area contributed by atoms with Crippen molar-refractivity contribution in [1.29, 1.82) is 0 Å². The van der Waals surface area contributed by atoms with Gasteiger partial charge in [-0.15, -0.1) is 0 Å². The quantitative estimate of drug-likeness (QED) is 0.793. The summed E-state index contributed by atoms with van der Waals surface area (Å²) in [4.78, 5) is 33.5. The number of methoxy groups -OCH3 is 1. The van der Waals surface area contributed by atoms with E-state index in [2.05, 4.69) is 0 Å². The molecule has 0 radical (unpaired) electrons. The van der Waals surface area contributed by atoms with Crippen LogP contribution in [0.25, 0.3) is 0 Å². The molecule has 0 aliphatic carbocycles. The number of amides is 1. The molecule has 0 fully saturated rings. The summed E-state index contributed by atoms with van der Waals surface area (Å²) in [5, 5.41) is 0.252. The van der Waals surface area contributed by atoms with Crippen LogP contribution < -0.4 is 4.74 Å². The SMILES string of the molecule is [2H]C([2H])(ON(OC(C)=O)C(=O)c1ccccc1)c1ccc(OC)cc1. The zero-order valence-corrected chi connectivity index (χ0v) is 12.7. The molecule has 0 aliphatic rings. The van der Waals surface area contributed by atoms with E-state index in [1.54, 1.807) is 30.3 Å². The molecule has 1 amide bonds. The van der Waals surface area contributed by atoms with Crippen molar-refractivity contribution in [2.45, 2.75) is 13.5 Å². The van der Waals surface area contributed by atoms with E-state index < -0.39 is 18.4 Å². The first-order chi connectivity index (χ1) is 11.8. The predicted molar refractivity (Wildman–Crippen MR) is 82.2 cm³/mol. The van der Waals surface area contributed by atoms with Gasteiger partial charge in [0.2, 0.25) is 0 Å². The molecule has 0 heterocycles. The lowest BCUT2D eigenvalue weighted by atomic mass is 10.2. The van der Waals surface area contributed by atoms with Crippen LogP contribution in [0.4, 0.5) is 0 Å². The number of carbonyl (C=O) groups excluding carboxylic acids is 2. The number of carbonyl (C=O) groups is 2. The first-order valence-corrected chi connectivity index (χ1v) is 6.75. The highest BCUT2D eigenvalue weighted by Crippen LogP contribution is 2.14. The lowest BCUT2D eigenvalue weighted by Gasteiger charge is -2.19. The van der Waals surface area contributed by atoms with Crippen molar-refractivity contribution in [3.63, 3.8) is 0 Å². The van der Waals surface area contributed by atoms with Crippen molar-refractivity contribution in [1.82, 2.24) is 5.23 Å². The fraction of sp³-hybridized carbons (Fsp3) is 0.176. The predicted octanol–water partition coefficient (Wildman–Crippen LogP) is 2.75. The van der Waals surface area contributed by atoms with Gasteiger partial charge in [-0.25, -0.2) is 9.63 Å². The van der Waals surface area contributed by atoms with Crippen molar-refractivity contribution in [2.24, 2.45) is 0 Å². The Morgan fingerprint density at radius 3 is 2.30 bits per heavy atom. The Kier molecular flexibility index (Phi) is 4.76. The monoisotopic (exact) mass is 317 g/mol. The Labute approximate surface area is 136 Å². The number of benzene rings is 2. The van der Waals surface area contributed by atoms with Crippen molar-refractivity contribution >= 4 is 11.9 Å². The first kappa shape index (κ1) is 13.8. The zero-order valence-electron chi connectivity index (χ0n) is 14.7. The first-order valence-electron chi connectivity index (χ1n) is 7.75. The minimum absolute atomic E-state index is 0.117. The van der Waals surface area contributed by atoms with Gasteiger partial charge in [0, 0.05) is 12.5 Å². The maximum atomic E-state index is 12.4. The van der Waals surface area contributed by atoms with Gasteiger partial charge in [-0.05, 0) is 35.1 Å². The van der Waals surface area contributed by atoms with E-state index in [1.807, 2.05) is 0 Å². The molecule has 2 aromatic rings. The Bertz CT molecular complexity index is 734. The lowest BCUT2D eigenvalue weighted by molar-refractivity contribution is -0.312. The van der Waals surface area contributed by atoms with E-state index in [0.29, 0.717) is 5.75 Å². The molecule has 120 valence electrons. The molecule has 0 saturated heterocycles. The van der Waals surface area contributed by atoms with Crippen LogP contribution in [0.2, 0.25) is 0 Å². The van der Waals surface area contributed by atoms with E-state index >= 15 is 0 Å². The Balaban J connectivity index is 2.25. The van der Waals surface area contributed by atoms with Gasteiger partial charge in [0.15, 0.2) is 0 Å². The number of rotatable bonds is 5. The average Bonchev–Trinajstić information content (AvgIpc) is 2.60. The van der Waals surface area contributed by atoms with Crippen LogP contribution in [0.3, 0.4) is 0 Å². The summed E-state index contributed by atoms with van der Waals surface area (Å²) in [5.41, 5.74) is 0.292. The number of hydrogen-bond acceptors (Lipinski definition) is 5. The summed E-state index contributed by atoms with van der Waals surface area (Å²) >= 11 is 0. The van der Waals surface area contributed by atoms with Crippen LogP contribution in [0.1, 0.15) is 25.6 Å². The molecule has 2 rings (SSSR count).